The number of carbonyl (C=O) groups is 2. The van der Waals surface area contributed by atoms with Gasteiger partial charge in [-0.05, 0) is 49.6 Å². The summed E-state index contributed by atoms with van der Waals surface area (Å²) in [5.41, 5.74) is 2.96. The largest absolute Gasteiger partial charge is 0.467 e. The molecule has 0 saturated carbocycles. The Balaban J connectivity index is 1.68. The minimum atomic E-state index is -0.746. The maximum Gasteiger partial charge on any atom is 0.329 e. The van der Waals surface area contributed by atoms with E-state index in [9.17, 15) is 9.59 Å². The van der Waals surface area contributed by atoms with Crippen LogP contribution >= 0.6 is 23.4 Å². The van der Waals surface area contributed by atoms with Gasteiger partial charge < -0.3 is 19.5 Å². The summed E-state index contributed by atoms with van der Waals surface area (Å²) in [7, 11) is 0. The predicted octanol–water partition coefficient (Wildman–Crippen LogP) is 4.11. The molecule has 1 amide bonds. The number of carbonyl (C=O) groups excluding carboxylic acids is 2. The van der Waals surface area contributed by atoms with Gasteiger partial charge in [-0.15, -0.1) is 0 Å². The van der Waals surface area contributed by atoms with E-state index in [2.05, 4.69) is 5.32 Å². The number of hydrogen-bond acceptors (Lipinski definition) is 6. The van der Waals surface area contributed by atoms with Crippen LogP contribution in [0, 0.1) is 6.92 Å². The van der Waals surface area contributed by atoms with E-state index in [1.54, 1.807) is 36.0 Å². The van der Waals surface area contributed by atoms with Crippen molar-refractivity contribution < 1.29 is 23.8 Å². The van der Waals surface area contributed by atoms with E-state index in [-0.39, 0.29) is 19.3 Å². The van der Waals surface area contributed by atoms with E-state index in [0.717, 1.165) is 11.1 Å². The van der Waals surface area contributed by atoms with Gasteiger partial charge in [-0.3, -0.25) is 4.79 Å². The Morgan fingerprint density at radius 2 is 2.13 bits per heavy atom. The van der Waals surface area contributed by atoms with Crippen LogP contribution in [0.5, 0.6) is 5.75 Å². The van der Waals surface area contributed by atoms with Gasteiger partial charge in [0.1, 0.15) is 18.4 Å². The smallest absolute Gasteiger partial charge is 0.329 e. The minimum Gasteiger partial charge on any atom is -0.467 e. The summed E-state index contributed by atoms with van der Waals surface area (Å²) in [5, 5.41) is 3.32. The molecule has 0 bridgehead atoms. The molecule has 0 spiro atoms. The first-order valence-corrected chi connectivity index (χ1v) is 11.3. The van der Waals surface area contributed by atoms with Crippen molar-refractivity contribution in [2.45, 2.75) is 32.6 Å². The van der Waals surface area contributed by atoms with E-state index in [0.29, 0.717) is 40.7 Å². The van der Waals surface area contributed by atoms with Gasteiger partial charge in [-0.2, -0.15) is 11.8 Å². The molecule has 1 N–H and O–H groups in total. The molecule has 160 valence electrons. The van der Waals surface area contributed by atoms with Crippen LogP contribution in [0.1, 0.15) is 33.5 Å². The topological polar surface area (TPSA) is 73.9 Å². The van der Waals surface area contributed by atoms with Gasteiger partial charge in [-0.1, -0.05) is 29.3 Å². The second kappa shape index (κ2) is 10.7. The molecule has 0 unspecified atom stereocenters. The summed E-state index contributed by atoms with van der Waals surface area (Å²) in [6.07, 6.45) is 2.41. The van der Waals surface area contributed by atoms with Crippen LogP contribution in [0.3, 0.4) is 0 Å². The van der Waals surface area contributed by atoms with E-state index in [4.69, 9.17) is 25.8 Å². The zero-order valence-electron chi connectivity index (χ0n) is 16.9. The maximum atomic E-state index is 12.8. The fraction of sp³-hybridized carbons (Fsp3) is 0.364. The molecule has 0 saturated heterocycles. The number of esters is 1. The Bertz CT molecular complexity index is 920. The molecule has 0 radical (unpaired) electrons. The van der Waals surface area contributed by atoms with E-state index in [1.807, 2.05) is 25.3 Å². The van der Waals surface area contributed by atoms with Crippen molar-refractivity contribution in [1.29, 1.82) is 0 Å². The molecule has 2 aromatic carbocycles. The van der Waals surface area contributed by atoms with Crippen molar-refractivity contribution >= 4 is 35.2 Å². The summed E-state index contributed by atoms with van der Waals surface area (Å²) >= 11 is 7.76. The van der Waals surface area contributed by atoms with Crippen LogP contribution in [0.15, 0.2) is 36.4 Å². The van der Waals surface area contributed by atoms with Crippen LogP contribution in [0.25, 0.3) is 0 Å². The van der Waals surface area contributed by atoms with Crippen LogP contribution in [-0.4, -0.2) is 36.7 Å². The zero-order valence-corrected chi connectivity index (χ0v) is 18.5. The van der Waals surface area contributed by atoms with E-state index >= 15 is 0 Å². The fourth-order valence-electron chi connectivity index (χ4n) is 3.13. The fourth-order valence-corrected chi connectivity index (χ4v) is 3.86. The van der Waals surface area contributed by atoms with E-state index in [1.165, 1.54) is 0 Å². The van der Waals surface area contributed by atoms with Gasteiger partial charge in [-0.25, -0.2) is 4.79 Å². The Kier molecular flexibility index (Phi) is 8.01. The second-order valence-corrected chi connectivity index (χ2v) is 8.37. The van der Waals surface area contributed by atoms with Crippen LogP contribution < -0.4 is 10.1 Å². The Morgan fingerprint density at radius 1 is 1.30 bits per heavy atom. The van der Waals surface area contributed by atoms with Gasteiger partial charge in [0.25, 0.3) is 5.91 Å². The number of nitrogens with one attached hydrogen (secondary N) is 1. The van der Waals surface area contributed by atoms with Crippen LogP contribution in [0.2, 0.25) is 5.02 Å². The number of ether oxygens (including phenoxy) is 3. The predicted molar refractivity (Wildman–Crippen MR) is 117 cm³/mol. The third-order valence-corrected chi connectivity index (χ3v) is 5.46. The standard InChI is InChI=1S/C22H24ClNO5S/c1-14-4-3-5-15(8-14)21(25)24-19(6-7-30-2)22(26)28-12-17-10-18(23)9-16-11-27-13-29-20(16)17/h3-5,8-10,19H,6-7,11-13H2,1-2H3,(H,24,25)/t19-/m0/s1. The molecular formula is C22H24ClNO5S. The number of aryl methyl sites for hydroxylation is 1. The summed E-state index contributed by atoms with van der Waals surface area (Å²) in [6.45, 7) is 2.44. The number of rotatable bonds is 8. The molecule has 0 fully saturated rings. The maximum absolute atomic E-state index is 12.8. The molecule has 8 heteroatoms. The lowest BCUT2D eigenvalue weighted by Gasteiger charge is -2.22. The molecule has 2 aromatic rings. The quantitative estimate of drug-likeness (QED) is 0.611. The SMILES string of the molecule is CSCC[C@H](NC(=O)c1cccc(C)c1)C(=O)OCc1cc(Cl)cc2c1OCOC2. The van der Waals surface area contributed by atoms with Crippen LogP contribution in [0.4, 0.5) is 0 Å². The first-order valence-electron chi connectivity index (χ1n) is 9.53. The lowest BCUT2D eigenvalue weighted by atomic mass is 10.1. The first-order chi connectivity index (χ1) is 14.5. The highest BCUT2D eigenvalue weighted by molar-refractivity contribution is 7.98. The Hall–Kier alpha value is -2.22. The third-order valence-electron chi connectivity index (χ3n) is 4.60. The van der Waals surface area contributed by atoms with Crippen molar-refractivity contribution in [3.63, 3.8) is 0 Å². The molecule has 1 heterocycles. The third kappa shape index (κ3) is 5.90. The van der Waals surface area contributed by atoms with Crippen LogP contribution in [-0.2, 0) is 27.5 Å². The number of halogens is 1. The molecule has 6 nitrogen and oxygen atoms in total. The molecule has 3 rings (SSSR count). The Morgan fingerprint density at radius 3 is 2.90 bits per heavy atom. The summed E-state index contributed by atoms with van der Waals surface area (Å²) in [5.74, 6) is 0.539. The average Bonchev–Trinajstić information content (AvgIpc) is 2.74. The van der Waals surface area contributed by atoms with Crippen molar-refractivity contribution in [3.8, 4) is 5.75 Å². The zero-order chi connectivity index (χ0) is 21.5. The molecule has 1 atom stereocenters. The minimum absolute atomic E-state index is 0.00217. The molecule has 0 aromatic heterocycles. The number of hydrogen-bond donors (Lipinski definition) is 1. The summed E-state index contributed by atoms with van der Waals surface area (Å²) in [6, 6.07) is 9.96. The van der Waals surface area contributed by atoms with Crippen molar-refractivity contribution in [3.05, 3.63) is 63.7 Å². The molecule has 1 aliphatic rings. The van der Waals surface area contributed by atoms with Gasteiger partial charge in [0.2, 0.25) is 0 Å². The van der Waals surface area contributed by atoms with Crippen molar-refractivity contribution in [2.75, 3.05) is 18.8 Å². The molecular weight excluding hydrogens is 426 g/mol. The monoisotopic (exact) mass is 449 g/mol. The highest BCUT2D eigenvalue weighted by Gasteiger charge is 2.24. The number of amides is 1. The molecule has 0 aliphatic carbocycles. The summed E-state index contributed by atoms with van der Waals surface area (Å²) < 4.78 is 16.4. The first kappa shape index (κ1) is 22.5. The van der Waals surface area contributed by atoms with Gasteiger partial charge in [0, 0.05) is 21.7 Å². The highest BCUT2D eigenvalue weighted by Crippen LogP contribution is 2.32. The van der Waals surface area contributed by atoms with Gasteiger partial charge in [0.15, 0.2) is 6.79 Å². The lowest BCUT2D eigenvalue weighted by molar-refractivity contribution is -0.147. The van der Waals surface area contributed by atoms with Crippen molar-refractivity contribution in [2.24, 2.45) is 0 Å². The molecule has 1 aliphatic heterocycles. The van der Waals surface area contributed by atoms with E-state index < -0.39 is 12.0 Å². The average molecular weight is 450 g/mol. The number of thioether (sulfide) groups is 1. The normalized spacial score (nSPS) is 13.7. The Labute approximate surface area is 185 Å². The highest BCUT2D eigenvalue weighted by atomic mass is 35.5. The number of benzene rings is 2. The van der Waals surface area contributed by atoms with Gasteiger partial charge in [0.05, 0.1) is 6.61 Å². The van der Waals surface area contributed by atoms with Crippen molar-refractivity contribution in [1.82, 2.24) is 5.32 Å². The van der Waals surface area contributed by atoms with Gasteiger partial charge >= 0.3 is 5.97 Å². The summed E-state index contributed by atoms with van der Waals surface area (Å²) in [4.78, 5) is 25.4. The molecule has 30 heavy (non-hydrogen) atoms. The lowest BCUT2D eigenvalue weighted by Crippen LogP contribution is -2.42. The second-order valence-electron chi connectivity index (χ2n) is 6.95. The number of fused-ring (bicyclic) bond motifs is 1.